The van der Waals surface area contributed by atoms with Gasteiger partial charge in [0.15, 0.2) is 15.7 Å². The van der Waals surface area contributed by atoms with Crippen molar-refractivity contribution in [1.82, 2.24) is 14.8 Å². The van der Waals surface area contributed by atoms with Crippen LogP contribution in [0.4, 0.5) is 5.69 Å². The molecule has 20 heavy (non-hydrogen) atoms. The summed E-state index contributed by atoms with van der Waals surface area (Å²) in [4.78, 5) is 0.344. The zero-order chi connectivity index (χ0) is 14.8. The molecule has 0 saturated carbocycles. The minimum atomic E-state index is -3.15. The Hall–Kier alpha value is -1.89. The predicted molar refractivity (Wildman–Crippen MR) is 77.2 cm³/mol. The van der Waals surface area contributed by atoms with Crippen molar-refractivity contribution in [2.45, 2.75) is 24.8 Å². The van der Waals surface area contributed by atoms with E-state index in [4.69, 9.17) is 0 Å². The molecule has 2 aromatic rings. The smallest absolute Gasteiger partial charge is 0.178 e. The average molecular weight is 294 g/mol. The Labute approximate surface area is 118 Å². The van der Waals surface area contributed by atoms with Gasteiger partial charge in [-0.1, -0.05) is 6.92 Å². The Balaban J connectivity index is 2.14. The summed E-state index contributed by atoms with van der Waals surface area (Å²) in [6, 6.07) is 6.73. The first-order chi connectivity index (χ1) is 9.44. The predicted octanol–water partition coefficient (Wildman–Crippen LogP) is 1.78. The van der Waals surface area contributed by atoms with Crippen molar-refractivity contribution in [2.24, 2.45) is 7.05 Å². The van der Waals surface area contributed by atoms with Gasteiger partial charge in [0, 0.05) is 12.7 Å². The van der Waals surface area contributed by atoms with Gasteiger partial charge in [-0.15, -0.1) is 10.2 Å². The van der Waals surface area contributed by atoms with E-state index >= 15 is 0 Å². The Morgan fingerprint density at radius 3 is 2.45 bits per heavy atom. The third-order valence-electron chi connectivity index (χ3n) is 3.11. The Bertz CT molecular complexity index is 677. The highest BCUT2D eigenvalue weighted by Gasteiger charge is 2.13. The van der Waals surface area contributed by atoms with Gasteiger partial charge < -0.3 is 9.88 Å². The van der Waals surface area contributed by atoms with E-state index in [9.17, 15) is 8.42 Å². The summed E-state index contributed by atoms with van der Waals surface area (Å²) in [6.45, 7) is 3.61. The molecule has 6 nitrogen and oxygen atoms in total. The lowest BCUT2D eigenvalue weighted by Crippen LogP contribution is -2.12. The van der Waals surface area contributed by atoms with E-state index in [1.807, 2.05) is 18.5 Å². The third kappa shape index (κ3) is 2.98. The molecule has 1 N–H and O–H groups in total. The maximum absolute atomic E-state index is 11.7. The van der Waals surface area contributed by atoms with Crippen molar-refractivity contribution in [3.63, 3.8) is 0 Å². The van der Waals surface area contributed by atoms with Crippen molar-refractivity contribution in [1.29, 1.82) is 0 Å². The molecule has 0 saturated heterocycles. The number of anilines is 1. The van der Waals surface area contributed by atoms with E-state index in [1.54, 1.807) is 37.5 Å². The SMILES string of the molecule is CCS(=O)(=O)c1ccc(NC(C)c2nncn2C)cc1. The molecule has 0 amide bonds. The quantitative estimate of drug-likeness (QED) is 0.909. The fourth-order valence-electron chi connectivity index (χ4n) is 1.92. The van der Waals surface area contributed by atoms with Crippen LogP contribution in [0.5, 0.6) is 0 Å². The third-order valence-corrected chi connectivity index (χ3v) is 4.86. The summed E-state index contributed by atoms with van der Waals surface area (Å²) < 4.78 is 25.3. The summed E-state index contributed by atoms with van der Waals surface area (Å²) in [7, 11) is -1.27. The monoisotopic (exact) mass is 294 g/mol. The van der Waals surface area contributed by atoms with Crippen LogP contribution in [0.15, 0.2) is 35.5 Å². The minimum Gasteiger partial charge on any atom is -0.375 e. The fraction of sp³-hybridized carbons (Fsp3) is 0.385. The second-order valence-electron chi connectivity index (χ2n) is 4.59. The van der Waals surface area contributed by atoms with E-state index < -0.39 is 9.84 Å². The number of hydrogen-bond acceptors (Lipinski definition) is 5. The van der Waals surface area contributed by atoms with Crippen LogP contribution in [0.3, 0.4) is 0 Å². The van der Waals surface area contributed by atoms with Gasteiger partial charge in [-0.2, -0.15) is 0 Å². The second-order valence-corrected chi connectivity index (χ2v) is 6.87. The number of hydrogen-bond donors (Lipinski definition) is 1. The standard InChI is InChI=1S/C13H18N4O2S/c1-4-20(18,19)12-7-5-11(6-8-12)15-10(2)13-16-14-9-17(13)3/h5-10,15H,4H2,1-3H3. The normalized spacial score (nSPS) is 13.2. The van der Waals surface area contributed by atoms with Crippen molar-refractivity contribution in [2.75, 3.05) is 11.1 Å². The van der Waals surface area contributed by atoms with Crippen LogP contribution in [-0.4, -0.2) is 28.9 Å². The largest absolute Gasteiger partial charge is 0.375 e. The zero-order valence-electron chi connectivity index (χ0n) is 11.7. The van der Waals surface area contributed by atoms with E-state index in [2.05, 4.69) is 15.5 Å². The van der Waals surface area contributed by atoms with Crippen molar-refractivity contribution in [3.8, 4) is 0 Å². The first-order valence-corrected chi connectivity index (χ1v) is 8.02. The first kappa shape index (κ1) is 14.5. The molecular formula is C13H18N4O2S. The number of rotatable bonds is 5. The molecule has 2 rings (SSSR count). The first-order valence-electron chi connectivity index (χ1n) is 6.37. The number of nitrogens with one attached hydrogen (secondary N) is 1. The van der Waals surface area contributed by atoms with Gasteiger partial charge >= 0.3 is 0 Å². The lowest BCUT2D eigenvalue weighted by molar-refractivity contribution is 0.597. The van der Waals surface area contributed by atoms with Crippen LogP contribution < -0.4 is 5.32 Å². The number of nitrogens with zero attached hydrogens (tertiary/aromatic N) is 3. The van der Waals surface area contributed by atoms with E-state index in [0.29, 0.717) is 4.90 Å². The molecule has 1 atom stereocenters. The van der Waals surface area contributed by atoms with Crippen molar-refractivity contribution in [3.05, 3.63) is 36.4 Å². The highest BCUT2D eigenvalue weighted by atomic mass is 32.2. The Kier molecular flexibility index (Phi) is 4.08. The van der Waals surface area contributed by atoms with Gasteiger partial charge in [-0.05, 0) is 31.2 Å². The number of sulfone groups is 1. The molecule has 0 radical (unpaired) electrons. The fourth-order valence-corrected chi connectivity index (χ4v) is 2.81. The van der Waals surface area contributed by atoms with Crippen LogP contribution >= 0.6 is 0 Å². The maximum atomic E-state index is 11.7. The molecule has 108 valence electrons. The molecule has 0 aliphatic rings. The minimum absolute atomic E-state index is 0.0175. The molecule has 7 heteroatoms. The maximum Gasteiger partial charge on any atom is 0.178 e. The van der Waals surface area contributed by atoms with Gasteiger partial charge in [-0.3, -0.25) is 0 Å². The second kappa shape index (κ2) is 5.62. The summed E-state index contributed by atoms with van der Waals surface area (Å²) in [6.07, 6.45) is 1.64. The summed E-state index contributed by atoms with van der Waals surface area (Å²) in [5, 5.41) is 11.1. The molecule has 1 unspecified atom stereocenters. The zero-order valence-corrected chi connectivity index (χ0v) is 12.6. The lowest BCUT2D eigenvalue weighted by Gasteiger charge is -2.14. The highest BCUT2D eigenvalue weighted by molar-refractivity contribution is 7.91. The van der Waals surface area contributed by atoms with Crippen LogP contribution in [0.1, 0.15) is 25.7 Å². The van der Waals surface area contributed by atoms with Gasteiger partial charge in [0.05, 0.1) is 16.7 Å². The molecule has 0 spiro atoms. The molecule has 1 aromatic carbocycles. The molecule has 1 aromatic heterocycles. The molecule has 0 fully saturated rings. The Morgan fingerprint density at radius 1 is 1.30 bits per heavy atom. The summed E-state index contributed by atoms with van der Waals surface area (Å²) in [5.41, 5.74) is 0.843. The van der Waals surface area contributed by atoms with Gasteiger partial charge in [-0.25, -0.2) is 8.42 Å². The summed E-state index contributed by atoms with van der Waals surface area (Å²) >= 11 is 0. The molecular weight excluding hydrogens is 276 g/mol. The van der Waals surface area contributed by atoms with E-state index in [-0.39, 0.29) is 11.8 Å². The highest BCUT2D eigenvalue weighted by Crippen LogP contribution is 2.19. The number of aryl methyl sites for hydroxylation is 1. The number of aromatic nitrogens is 3. The van der Waals surface area contributed by atoms with Crippen molar-refractivity contribution < 1.29 is 8.42 Å². The van der Waals surface area contributed by atoms with Crippen LogP contribution in [0, 0.1) is 0 Å². The average Bonchev–Trinajstić information content (AvgIpc) is 2.85. The van der Waals surface area contributed by atoms with Crippen LogP contribution in [0.2, 0.25) is 0 Å². The molecule has 0 aliphatic carbocycles. The van der Waals surface area contributed by atoms with Gasteiger partial charge in [0.1, 0.15) is 6.33 Å². The van der Waals surface area contributed by atoms with Gasteiger partial charge in [0.25, 0.3) is 0 Å². The number of benzene rings is 1. The van der Waals surface area contributed by atoms with Gasteiger partial charge in [0.2, 0.25) is 0 Å². The molecule has 1 heterocycles. The summed E-state index contributed by atoms with van der Waals surface area (Å²) in [5.74, 6) is 0.921. The lowest BCUT2D eigenvalue weighted by atomic mass is 10.2. The van der Waals surface area contributed by atoms with Crippen LogP contribution in [-0.2, 0) is 16.9 Å². The van der Waals surface area contributed by atoms with E-state index in [0.717, 1.165) is 11.5 Å². The van der Waals surface area contributed by atoms with Crippen LogP contribution in [0.25, 0.3) is 0 Å². The van der Waals surface area contributed by atoms with E-state index in [1.165, 1.54) is 0 Å². The molecule has 0 bridgehead atoms. The molecule has 0 aliphatic heterocycles. The Morgan fingerprint density at radius 2 is 1.95 bits per heavy atom. The topological polar surface area (TPSA) is 76.9 Å². The van der Waals surface area contributed by atoms with Crippen molar-refractivity contribution >= 4 is 15.5 Å².